The summed E-state index contributed by atoms with van der Waals surface area (Å²) in [4.78, 5) is 2.53. The molecule has 0 bridgehead atoms. The number of rotatable bonds is 8. The van der Waals surface area contributed by atoms with E-state index in [1.54, 1.807) is 0 Å². The number of anilines is 1. The van der Waals surface area contributed by atoms with Crippen molar-refractivity contribution in [2.24, 2.45) is 0 Å². The summed E-state index contributed by atoms with van der Waals surface area (Å²) in [6.45, 7) is 8.79. The highest BCUT2D eigenvalue weighted by atomic mass is 16.3. The maximum absolute atomic E-state index is 9.73. The molecule has 0 spiro atoms. The van der Waals surface area contributed by atoms with Crippen molar-refractivity contribution in [1.82, 2.24) is 5.32 Å². The lowest BCUT2D eigenvalue weighted by atomic mass is 9.91. The van der Waals surface area contributed by atoms with Crippen LogP contribution in [0.1, 0.15) is 45.6 Å². The molecule has 3 heteroatoms. The van der Waals surface area contributed by atoms with Crippen molar-refractivity contribution >= 4 is 5.69 Å². The number of hydrogen-bond donors (Lipinski definition) is 2. The van der Waals surface area contributed by atoms with Crippen molar-refractivity contribution in [2.45, 2.75) is 58.0 Å². The first-order chi connectivity index (χ1) is 10.2. The van der Waals surface area contributed by atoms with E-state index in [0.29, 0.717) is 6.04 Å². The van der Waals surface area contributed by atoms with Crippen LogP contribution < -0.4 is 10.2 Å². The predicted octanol–water partition coefficient (Wildman–Crippen LogP) is 2.97. The fourth-order valence-corrected chi connectivity index (χ4v) is 3.57. The van der Waals surface area contributed by atoms with Gasteiger partial charge in [0.15, 0.2) is 0 Å². The van der Waals surface area contributed by atoms with Crippen LogP contribution >= 0.6 is 0 Å². The maximum atomic E-state index is 9.73. The number of benzene rings is 1. The Kier molecular flexibility index (Phi) is 5.65. The number of fused-ring (bicyclic) bond motifs is 1. The molecule has 2 unspecified atom stereocenters. The number of nitrogens with one attached hydrogen (secondary N) is 1. The molecule has 0 radical (unpaired) electrons. The van der Waals surface area contributed by atoms with Crippen LogP contribution in [0.4, 0.5) is 5.69 Å². The first-order valence-electron chi connectivity index (χ1n) is 8.36. The summed E-state index contributed by atoms with van der Waals surface area (Å²) in [5, 5.41) is 13.2. The monoisotopic (exact) mass is 290 g/mol. The molecule has 0 saturated heterocycles. The zero-order chi connectivity index (χ0) is 15.3. The molecule has 0 aromatic heterocycles. The molecule has 2 rings (SSSR count). The normalized spacial score (nSPS) is 20.4. The summed E-state index contributed by atoms with van der Waals surface area (Å²) in [6.07, 6.45) is 4.27. The van der Waals surface area contributed by atoms with Crippen LogP contribution in [-0.4, -0.2) is 36.4 Å². The fourth-order valence-electron chi connectivity index (χ4n) is 3.57. The number of aliphatic hydroxyl groups excluding tert-OH is 1. The van der Waals surface area contributed by atoms with Gasteiger partial charge >= 0.3 is 0 Å². The largest absolute Gasteiger partial charge is 0.394 e. The van der Waals surface area contributed by atoms with Crippen molar-refractivity contribution in [3.63, 3.8) is 0 Å². The van der Waals surface area contributed by atoms with Crippen LogP contribution in [0.25, 0.3) is 0 Å². The Morgan fingerprint density at radius 1 is 1.33 bits per heavy atom. The van der Waals surface area contributed by atoms with Gasteiger partial charge in [0.1, 0.15) is 0 Å². The van der Waals surface area contributed by atoms with E-state index in [1.807, 2.05) is 0 Å². The minimum absolute atomic E-state index is 0.1000. The quantitative estimate of drug-likeness (QED) is 0.772. The average Bonchev–Trinajstić information content (AvgIpc) is 2.82. The van der Waals surface area contributed by atoms with Crippen molar-refractivity contribution in [1.29, 1.82) is 0 Å². The Balaban J connectivity index is 1.94. The molecule has 1 aromatic carbocycles. The van der Waals surface area contributed by atoms with Crippen molar-refractivity contribution in [3.05, 3.63) is 29.8 Å². The standard InChI is InChI=1S/C18H30N2O/c1-4-18(14-21,19-5-2)11-8-12-20-15(3)13-16-9-6-7-10-17(16)20/h6-7,9-10,15,19,21H,4-5,8,11-14H2,1-3H3. The van der Waals surface area contributed by atoms with E-state index in [-0.39, 0.29) is 12.1 Å². The number of likely N-dealkylation sites (N-methyl/N-ethyl adjacent to an activating group) is 1. The van der Waals surface area contributed by atoms with E-state index in [4.69, 9.17) is 0 Å². The lowest BCUT2D eigenvalue weighted by Crippen LogP contribution is -2.48. The first-order valence-corrected chi connectivity index (χ1v) is 8.36. The molecule has 1 aliphatic heterocycles. The Morgan fingerprint density at radius 3 is 2.76 bits per heavy atom. The van der Waals surface area contributed by atoms with Crippen LogP contribution in [-0.2, 0) is 6.42 Å². The van der Waals surface area contributed by atoms with Gasteiger partial charge in [-0.05, 0) is 50.8 Å². The average molecular weight is 290 g/mol. The highest BCUT2D eigenvalue weighted by Crippen LogP contribution is 2.32. The van der Waals surface area contributed by atoms with E-state index in [0.717, 1.165) is 38.8 Å². The second-order valence-corrected chi connectivity index (χ2v) is 6.30. The van der Waals surface area contributed by atoms with Crippen LogP contribution in [0, 0.1) is 0 Å². The molecular formula is C18H30N2O. The van der Waals surface area contributed by atoms with Gasteiger partial charge in [0.05, 0.1) is 6.61 Å². The maximum Gasteiger partial charge on any atom is 0.0613 e. The van der Waals surface area contributed by atoms with Gasteiger partial charge in [-0.2, -0.15) is 0 Å². The predicted molar refractivity (Wildman–Crippen MR) is 90.0 cm³/mol. The molecule has 0 saturated carbocycles. The van der Waals surface area contributed by atoms with Crippen LogP contribution in [0.3, 0.4) is 0 Å². The number of para-hydroxylation sites is 1. The zero-order valence-corrected chi connectivity index (χ0v) is 13.7. The second-order valence-electron chi connectivity index (χ2n) is 6.30. The Hall–Kier alpha value is -1.06. The molecule has 2 N–H and O–H groups in total. The van der Waals surface area contributed by atoms with Gasteiger partial charge in [-0.15, -0.1) is 0 Å². The zero-order valence-electron chi connectivity index (χ0n) is 13.7. The third kappa shape index (κ3) is 3.58. The molecule has 118 valence electrons. The van der Waals surface area contributed by atoms with Gasteiger partial charge in [-0.25, -0.2) is 0 Å². The molecule has 2 atom stereocenters. The highest BCUT2D eigenvalue weighted by Gasteiger charge is 2.28. The highest BCUT2D eigenvalue weighted by molar-refractivity contribution is 5.59. The van der Waals surface area contributed by atoms with Gasteiger partial charge < -0.3 is 15.3 Å². The van der Waals surface area contributed by atoms with Gasteiger partial charge in [-0.1, -0.05) is 32.0 Å². The Labute approximate surface area is 129 Å². The number of hydrogen-bond acceptors (Lipinski definition) is 3. The minimum atomic E-state index is -0.1000. The van der Waals surface area contributed by atoms with E-state index in [1.165, 1.54) is 11.3 Å². The van der Waals surface area contributed by atoms with Gasteiger partial charge in [-0.3, -0.25) is 0 Å². The summed E-state index contributed by atoms with van der Waals surface area (Å²) in [7, 11) is 0. The Bertz CT molecular complexity index is 443. The summed E-state index contributed by atoms with van der Waals surface area (Å²) in [6, 6.07) is 9.34. The molecule has 1 aromatic rings. The third-order valence-electron chi connectivity index (χ3n) is 4.93. The summed E-state index contributed by atoms with van der Waals surface area (Å²) < 4.78 is 0. The molecule has 1 aliphatic rings. The SMILES string of the molecule is CCNC(CC)(CO)CCCN1c2ccccc2CC1C. The lowest BCUT2D eigenvalue weighted by molar-refractivity contribution is 0.146. The van der Waals surface area contributed by atoms with Gasteiger partial charge in [0.25, 0.3) is 0 Å². The molecule has 1 heterocycles. The van der Waals surface area contributed by atoms with Crippen molar-refractivity contribution in [3.8, 4) is 0 Å². The minimum Gasteiger partial charge on any atom is -0.394 e. The summed E-state index contributed by atoms with van der Waals surface area (Å²) >= 11 is 0. The molecule has 3 nitrogen and oxygen atoms in total. The van der Waals surface area contributed by atoms with E-state index in [2.05, 4.69) is 55.3 Å². The van der Waals surface area contributed by atoms with Crippen LogP contribution in [0.5, 0.6) is 0 Å². The van der Waals surface area contributed by atoms with Gasteiger partial charge in [0, 0.05) is 23.8 Å². The number of nitrogens with zero attached hydrogens (tertiary/aromatic N) is 1. The fraction of sp³-hybridized carbons (Fsp3) is 0.667. The summed E-state index contributed by atoms with van der Waals surface area (Å²) in [5.41, 5.74) is 2.78. The summed E-state index contributed by atoms with van der Waals surface area (Å²) in [5.74, 6) is 0. The molecule has 0 fully saturated rings. The molecule has 21 heavy (non-hydrogen) atoms. The van der Waals surface area contributed by atoms with E-state index in [9.17, 15) is 5.11 Å². The topological polar surface area (TPSA) is 35.5 Å². The van der Waals surface area contributed by atoms with Gasteiger partial charge in [0.2, 0.25) is 0 Å². The van der Waals surface area contributed by atoms with E-state index >= 15 is 0 Å². The van der Waals surface area contributed by atoms with Crippen LogP contribution in [0.2, 0.25) is 0 Å². The molecular weight excluding hydrogens is 260 g/mol. The molecule has 0 aliphatic carbocycles. The third-order valence-corrected chi connectivity index (χ3v) is 4.93. The lowest BCUT2D eigenvalue weighted by Gasteiger charge is -2.33. The smallest absolute Gasteiger partial charge is 0.0613 e. The van der Waals surface area contributed by atoms with Crippen molar-refractivity contribution in [2.75, 3.05) is 24.6 Å². The van der Waals surface area contributed by atoms with E-state index < -0.39 is 0 Å². The van der Waals surface area contributed by atoms with Crippen LogP contribution in [0.15, 0.2) is 24.3 Å². The Morgan fingerprint density at radius 2 is 2.10 bits per heavy atom. The first kappa shape index (κ1) is 16.3. The second kappa shape index (κ2) is 7.28. The molecule has 0 amide bonds. The number of aliphatic hydroxyl groups is 1. The van der Waals surface area contributed by atoms with Crippen molar-refractivity contribution < 1.29 is 5.11 Å².